The molecule has 0 fully saturated rings. The summed E-state index contributed by atoms with van der Waals surface area (Å²) in [7, 11) is 0. The second-order valence-electron chi connectivity index (χ2n) is 5.30. The molecule has 0 amide bonds. The molecule has 1 unspecified atom stereocenters. The highest BCUT2D eigenvalue weighted by atomic mass is 79.9. The fourth-order valence-corrected chi connectivity index (χ4v) is 4.03. The van der Waals surface area contributed by atoms with E-state index in [9.17, 15) is 0 Å². The summed E-state index contributed by atoms with van der Waals surface area (Å²) in [6, 6.07) is 6.05. The molecule has 0 saturated carbocycles. The number of rotatable bonds is 5. The highest BCUT2D eigenvalue weighted by Gasteiger charge is 2.17. The highest BCUT2D eigenvalue weighted by molar-refractivity contribution is 9.10. The normalized spacial score (nSPS) is 12.7. The molecule has 1 atom stereocenters. The Balaban J connectivity index is 2.31. The third-order valence-corrected chi connectivity index (χ3v) is 5.42. The van der Waals surface area contributed by atoms with Crippen LogP contribution in [0.4, 0.5) is 0 Å². The van der Waals surface area contributed by atoms with Crippen LogP contribution in [0.3, 0.4) is 0 Å². The SMILES string of the molecule is Cc1cc(Cl)c(C(C)C)cc1OC(CN)c1cc(Br)cs1. The Morgan fingerprint density at radius 3 is 2.57 bits per heavy atom. The van der Waals surface area contributed by atoms with Gasteiger partial charge in [-0.3, -0.25) is 0 Å². The summed E-state index contributed by atoms with van der Waals surface area (Å²) in [6.45, 7) is 6.68. The van der Waals surface area contributed by atoms with Crippen molar-refractivity contribution in [2.24, 2.45) is 5.73 Å². The largest absolute Gasteiger partial charge is 0.483 e. The van der Waals surface area contributed by atoms with Crippen molar-refractivity contribution in [2.45, 2.75) is 32.8 Å². The van der Waals surface area contributed by atoms with Crippen LogP contribution >= 0.6 is 38.9 Å². The van der Waals surface area contributed by atoms with Gasteiger partial charge in [-0.2, -0.15) is 0 Å². The van der Waals surface area contributed by atoms with E-state index in [0.29, 0.717) is 12.5 Å². The van der Waals surface area contributed by atoms with E-state index >= 15 is 0 Å². The molecule has 0 saturated heterocycles. The highest BCUT2D eigenvalue weighted by Crippen LogP contribution is 2.35. The Morgan fingerprint density at radius 1 is 1.33 bits per heavy atom. The molecule has 0 aliphatic heterocycles. The molecule has 1 aromatic carbocycles. The van der Waals surface area contributed by atoms with Gasteiger partial charge in [-0.1, -0.05) is 25.4 Å². The Labute approximate surface area is 143 Å². The molecular weight excluding hydrogens is 370 g/mol. The van der Waals surface area contributed by atoms with Crippen LogP contribution in [-0.4, -0.2) is 6.54 Å². The van der Waals surface area contributed by atoms with Crippen molar-refractivity contribution >= 4 is 38.9 Å². The first-order valence-electron chi connectivity index (χ1n) is 6.83. The molecule has 2 nitrogen and oxygen atoms in total. The molecule has 114 valence electrons. The molecule has 1 heterocycles. The minimum atomic E-state index is -0.138. The lowest BCUT2D eigenvalue weighted by atomic mass is 10.0. The minimum absolute atomic E-state index is 0.138. The zero-order valence-corrected chi connectivity index (χ0v) is 15.5. The fourth-order valence-electron chi connectivity index (χ4n) is 2.11. The maximum atomic E-state index is 6.30. The first-order valence-corrected chi connectivity index (χ1v) is 8.88. The molecular formula is C16H19BrClNOS. The van der Waals surface area contributed by atoms with Crippen LogP contribution in [0.1, 0.15) is 41.9 Å². The van der Waals surface area contributed by atoms with Crippen molar-refractivity contribution in [3.63, 3.8) is 0 Å². The number of ether oxygens (including phenoxy) is 1. The van der Waals surface area contributed by atoms with E-state index in [0.717, 1.165) is 31.2 Å². The second kappa shape index (κ2) is 7.14. The number of hydrogen-bond donors (Lipinski definition) is 1. The van der Waals surface area contributed by atoms with Gasteiger partial charge in [-0.15, -0.1) is 11.3 Å². The number of hydrogen-bond acceptors (Lipinski definition) is 3. The number of nitrogens with two attached hydrogens (primary N) is 1. The van der Waals surface area contributed by atoms with Crippen molar-refractivity contribution in [3.05, 3.63) is 49.1 Å². The van der Waals surface area contributed by atoms with Crippen LogP contribution < -0.4 is 10.5 Å². The van der Waals surface area contributed by atoms with Gasteiger partial charge in [0.25, 0.3) is 0 Å². The molecule has 1 aromatic heterocycles. The van der Waals surface area contributed by atoms with E-state index in [1.54, 1.807) is 11.3 Å². The zero-order valence-electron chi connectivity index (χ0n) is 12.3. The summed E-state index contributed by atoms with van der Waals surface area (Å²) >= 11 is 11.4. The molecule has 0 spiro atoms. The Morgan fingerprint density at radius 2 is 2.05 bits per heavy atom. The van der Waals surface area contributed by atoms with Crippen molar-refractivity contribution < 1.29 is 4.74 Å². The lowest BCUT2D eigenvalue weighted by molar-refractivity contribution is 0.216. The summed E-state index contributed by atoms with van der Waals surface area (Å²) in [5, 5.41) is 2.83. The van der Waals surface area contributed by atoms with E-state index < -0.39 is 0 Å². The summed E-state index contributed by atoms with van der Waals surface area (Å²) in [5.74, 6) is 1.20. The third kappa shape index (κ3) is 4.01. The summed E-state index contributed by atoms with van der Waals surface area (Å²) < 4.78 is 7.20. The quantitative estimate of drug-likeness (QED) is 0.715. The van der Waals surface area contributed by atoms with E-state index in [1.807, 2.05) is 24.4 Å². The monoisotopic (exact) mass is 387 g/mol. The van der Waals surface area contributed by atoms with Crippen molar-refractivity contribution in [3.8, 4) is 5.75 Å². The van der Waals surface area contributed by atoms with E-state index in [1.165, 1.54) is 0 Å². The molecule has 2 aromatic rings. The van der Waals surface area contributed by atoms with Crippen LogP contribution in [0.15, 0.2) is 28.1 Å². The average Bonchev–Trinajstić information content (AvgIpc) is 2.84. The molecule has 0 radical (unpaired) electrons. The number of thiophene rings is 1. The van der Waals surface area contributed by atoms with E-state index in [4.69, 9.17) is 22.1 Å². The molecule has 0 bridgehead atoms. The van der Waals surface area contributed by atoms with Crippen LogP contribution in [0, 0.1) is 6.92 Å². The van der Waals surface area contributed by atoms with Gasteiger partial charge in [-0.05, 0) is 58.1 Å². The Kier molecular flexibility index (Phi) is 5.72. The lowest BCUT2D eigenvalue weighted by Crippen LogP contribution is -2.18. The lowest BCUT2D eigenvalue weighted by Gasteiger charge is -2.20. The first kappa shape index (κ1) is 16.8. The van der Waals surface area contributed by atoms with Crippen LogP contribution in [-0.2, 0) is 0 Å². The van der Waals surface area contributed by atoms with Crippen molar-refractivity contribution in [1.29, 1.82) is 0 Å². The summed E-state index contributed by atoms with van der Waals surface area (Å²) in [6.07, 6.45) is -0.138. The Hall–Kier alpha value is -0.550. The molecule has 5 heteroatoms. The summed E-state index contributed by atoms with van der Waals surface area (Å²) in [4.78, 5) is 1.12. The minimum Gasteiger partial charge on any atom is -0.483 e. The molecule has 2 rings (SSSR count). The van der Waals surface area contributed by atoms with Gasteiger partial charge in [-0.25, -0.2) is 0 Å². The maximum Gasteiger partial charge on any atom is 0.145 e. The van der Waals surface area contributed by atoms with Gasteiger partial charge in [0.1, 0.15) is 11.9 Å². The molecule has 2 N–H and O–H groups in total. The standard InChI is InChI=1S/C16H19BrClNOS/c1-9(2)12-6-14(10(3)4-13(12)18)20-15(7-19)16-5-11(17)8-21-16/h4-6,8-9,15H,7,19H2,1-3H3. The van der Waals surface area contributed by atoms with Crippen molar-refractivity contribution in [2.75, 3.05) is 6.54 Å². The Bertz CT molecular complexity index is 627. The van der Waals surface area contributed by atoms with E-state index in [-0.39, 0.29) is 6.10 Å². The summed E-state index contributed by atoms with van der Waals surface area (Å²) in [5.41, 5.74) is 8.00. The van der Waals surface area contributed by atoms with Gasteiger partial charge in [0.15, 0.2) is 0 Å². The van der Waals surface area contributed by atoms with Gasteiger partial charge in [0, 0.05) is 26.3 Å². The maximum absolute atomic E-state index is 6.30. The van der Waals surface area contributed by atoms with Crippen molar-refractivity contribution in [1.82, 2.24) is 0 Å². The molecule has 21 heavy (non-hydrogen) atoms. The van der Waals surface area contributed by atoms with Crippen LogP contribution in [0.2, 0.25) is 5.02 Å². The average molecular weight is 389 g/mol. The first-order chi connectivity index (χ1) is 9.92. The van der Waals surface area contributed by atoms with Crippen LogP contribution in [0.5, 0.6) is 5.75 Å². The molecule has 0 aliphatic carbocycles. The van der Waals surface area contributed by atoms with Gasteiger partial charge >= 0.3 is 0 Å². The molecule has 0 aliphatic rings. The second-order valence-corrected chi connectivity index (χ2v) is 7.57. The predicted molar refractivity (Wildman–Crippen MR) is 94.7 cm³/mol. The number of halogens is 2. The third-order valence-electron chi connectivity index (χ3n) is 3.30. The topological polar surface area (TPSA) is 35.2 Å². The van der Waals surface area contributed by atoms with Crippen LogP contribution in [0.25, 0.3) is 0 Å². The number of aryl methyl sites for hydroxylation is 1. The van der Waals surface area contributed by atoms with E-state index in [2.05, 4.69) is 35.8 Å². The fraction of sp³-hybridized carbons (Fsp3) is 0.375. The van der Waals surface area contributed by atoms with Gasteiger partial charge in [0.2, 0.25) is 0 Å². The smallest absolute Gasteiger partial charge is 0.145 e. The zero-order chi connectivity index (χ0) is 15.6. The van der Waals surface area contributed by atoms with Gasteiger partial charge in [0.05, 0.1) is 0 Å². The number of benzene rings is 1. The van der Waals surface area contributed by atoms with Gasteiger partial charge < -0.3 is 10.5 Å². The predicted octanol–water partition coefficient (Wildman–Crippen LogP) is 5.67.